The lowest BCUT2D eigenvalue weighted by Gasteiger charge is -2.07. The molecule has 162 valence electrons. The number of carbonyl (C=O) groups excluding carboxylic acids is 1. The molecule has 0 radical (unpaired) electrons. The van der Waals surface area contributed by atoms with E-state index in [1.165, 1.54) is 6.08 Å². The molecule has 0 atom stereocenters. The van der Waals surface area contributed by atoms with Gasteiger partial charge in [0.15, 0.2) is 5.65 Å². The molecule has 0 unspecified atom stereocenters. The summed E-state index contributed by atoms with van der Waals surface area (Å²) in [6, 6.07) is 10.9. The third kappa shape index (κ3) is 4.47. The third-order valence-electron chi connectivity index (χ3n) is 4.88. The van der Waals surface area contributed by atoms with E-state index in [2.05, 4.69) is 36.9 Å². The number of anilines is 1. The highest BCUT2D eigenvalue weighted by molar-refractivity contribution is 5.99. The number of ether oxygens (including phenoxy) is 1. The number of aromatic nitrogens is 6. The molecule has 4 aromatic heterocycles. The fourth-order valence-electron chi connectivity index (χ4n) is 3.36. The van der Waals surface area contributed by atoms with Gasteiger partial charge in [-0.3, -0.25) is 14.5 Å². The fourth-order valence-corrected chi connectivity index (χ4v) is 3.36. The molecule has 9 heteroatoms. The van der Waals surface area contributed by atoms with Gasteiger partial charge in [-0.15, -0.1) is 0 Å². The number of nitrogens with one attached hydrogen (secondary N) is 2. The zero-order valence-corrected chi connectivity index (χ0v) is 17.5. The third-order valence-corrected chi connectivity index (χ3v) is 4.88. The topological polar surface area (TPSA) is 111 Å². The first-order chi connectivity index (χ1) is 16.2. The Morgan fingerprint density at radius 1 is 1.21 bits per heavy atom. The van der Waals surface area contributed by atoms with E-state index < -0.39 is 0 Å². The molecule has 1 amide bonds. The van der Waals surface area contributed by atoms with Crippen LogP contribution in [0.3, 0.4) is 0 Å². The van der Waals surface area contributed by atoms with E-state index in [0.29, 0.717) is 35.0 Å². The first-order valence-corrected chi connectivity index (χ1v) is 10.1. The number of nitrogens with zero attached hydrogens (tertiary/aromatic N) is 5. The van der Waals surface area contributed by atoms with Crippen molar-refractivity contribution >= 4 is 22.8 Å². The van der Waals surface area contributed by atoms with Crippen LogP contribution < -0.4 is 10.1 Å². The Balaban J connectivity index is 1.39. The molecule has 0 spiro atoms. The number of fused-ring (bicyclic) bond motifs is 1. The lowest BCUT2D eigenvalue weighted by Crippen LogP contribution is -2.07. The second-order valence-corrected chi connectivity index (χ2v) is 7.22. The van der Waals surface area contributed by atoms with E-state index in [1.807, 2.05) is 35.4 Å². The van der Waals surface area contributed by atoms with E-state index in [0.717, 1.165) is 16.7 Å². The molecule has 5 rings (SSSR count). The average molecular weight is 437 g/mol. The van der Waals surface area contributed by atoms with Crippen molar-refractivity contribution in [3.63, 3.8) is 0 Å². The lowest BCUT2D eigenvalue weighted by molar-refractivity contribution is -0.111. The summed E-state index contributed by atoms with van der Waals surface area (Å²) in [5.74, 6) is 0.555. The van der Waals surface area contributed by atoms with Gasteiger partial charge in [-0.1, -0.05) is 18.7 Å². The van der Waals surface area contributed by atoms with Crippen LogP contribution in [-0.2, 0) is 11.3 Å². The van der Waals surface area contributed by atoms with Crippen molar-refractivity contribution in [1.29, 1.82) is 0 Å². The van der Waals surface area contributed by atoms with E-state index >= 15 is 0 Å². The monoisotopic (exact) mass is 437 g/mol. The van der Waals surface area contributed by atoms with Gasteiger partial charge < -0.3 is 15.0 Å². The molecule has 33 heavy (non-hydrogen) atoms. The maximum absolute atomic E-state index is 11.5. The number of pyridine rings is 1. The number of benzene rings is 1. The highest BCUT2D eigenvalue weighted by atomic mass is 16.5. The quantitative estimate of drug-likeness (QED) is 0.370. The van der Waals surface area contributed by atoms with E-state index in [4.69, 9.17) is 4.74 Å². The van der Waals surface area contributed by atoms with Crippen LogP contribution in [0.1, 0.15) is 5.56 Å². The molecular formula is C24H19N7O2. The summed E-state index contributed by atoms with van der Waals surface area (Å²) < 4.78 is 7.74. The molecule has 0 bridgehead atoms. The van der Waals surface area contributed by atoms with Crippen molar-refractivity contribution in [3.05, 3.63) is 91.8 Å². The number of carbonyl (C=O) groups is 1. The Labute approximate surface area is 188 Å². The second-order valence-electron chi connectivity index (χ2n) is 7.22. The van der Waals surface area contributed by atoms with Crippen molar-refractivity contribution < 1.29 is 9.53 Å². The lowest BCUT2D eigenvalue weighted by atomic mass is 10.2. The molecule has 4 heterocycles. The van der Waals surface area contributed by atoms with E-state index in [-0.39, 0.29) is 5.91 Å². The number of amides is 1. The van der Waals surface area contributed by atoms with Crippen LogP contribution in [0.4, 0.5) is 5.69 Å². The molecule has 0 aliphatic rings. The van der Waals surface area contributed by atoms with Crippen molar-refractivity contribution in [2.45, 2.75) is 6.54 Å². The van der Waals surface area contributed by atoms with Gasteiger partial charge in [0.25, 0.3) is 0 Å². The Morgan fingerprint density at radius 2 is 2.15 bits per heavy atom. The van der Waals surface area contributed by atoms with Crippen molar-refractivity contribution in [1.82, 2.24) is 29.7 Å². The minimum absolute atomic E-state index is 0.297. The van der Waals surface area contributed by atoms with Crippen LogP contribution in [0.2, 0.25) is 0 Å². The molecule has 0 saturated carbocycles. The average Bonchev–Trinajstić information content (AvgIpc) is 3.46. The molecule has 1 aromatic carbocycles. The summed E-state index contributed by atoms with van der Waals surface area (Å²) in [6.45, 7) is 4.07. The molecule has 5 aromatic rings. The normalized spacial score (nSPS) is 10.8. The van der Waals surface area contributed by atoms with Crippen LogP contribution in [0.15, 0.2) is 86.2 Å². The Bertz CT molecular complexity index is 1440. The van der Waals surface area contributed by atoms with Crippen LogP contribution in [0, 0.1) is 0 Å². The Kier molecular flexibility index (Phi) is 5.34. The maximum atomic E-state index is 11.5. The minimum Gasteiger partial charge on any atom is -0.437 e. The summed E-state index contributed by atoms with van der Waals surface area (Å²) >= 11 is 0. The number of aromatic amines is 1. The maximum Gasteiger partial charge on any atom is 0.247 e. The van der Waals surface area contributed by atoms with Gasteiger partial charge in [0.05, 0.1) is 18.9 Å². The van der Waals surface area contributed by atoms with Gasteiger partial charge in [0.1, 0.15) is 11.3 Å². The zero-order chi connectivity index (χ0) is 22.6. The SMILES string of the molecule is C=CC(=O)Nc1cccc(Oc2cnc3[nH]cc(-c4cnn(Cc5cccnc5)c4)c3n2)c1. The predicted molar refractivity (Wildman–Crippen MR) is 124 cm³/mol. The van der Waals surface area contributed by atoms with Crippen molar-refractivity contribution in [2.24, 2.45) is 0 Å². The Morgan fingerprint density at radius 3 is 3.00 bits per heavy atom. The number of H-pyrrole nitrogens is 1. The van der Waals surface area contributed by atoms with E-state index in [9.17, 15) is 4.79 Å². The number of rotatable bonds is 7. The van der Waals surface area contributed by atoms with Crippen LogP contribution in [0.5, 0.6) is 11.6 Å². The van der Waals surface area contributed by atoms with Gasteiger partial charge in [-0.25, -0.2) is 9.97 Å². The van der Waals surface area contributed by atoms with Gasteiger partial charge in [-0.05, 0) is 29.8 Å². The first kappa shape index (κ1) is 20.1. The highest BCUT2D eigenvalue weighted by Gasteiger charge is 2.13. The van der Waals surface area contributed by atoms with E-state index in [1.54, 1.807) is 42.9 Å². The number of hydrogen-bond donors (Lipinski definition) is 2. The highest BCUT2D eigenvalue weighted by Crippen LogP contribution is 2.29. The summed E-state index contributed by atoms with van der Waals surface area (Å²) in [6.07, 6.45) is 11.9. The van der Waals surface area contributed by atoms with Gasteiger partial charge in [-0.2, -0.15) is 5.10 Å². The second kappa shape index (κ2) is 8.75. The van der Waals surface area contributed by atoms with Crippen LogP contribution >= 0.6 is 0 Å². The molecular weight excluding hydrogens is 418 g/mol. The predicted octanol–water partition coefficient (Wildman–Crippen LogP) is 4.18. The Hall–Kier alpha value is -4.79. The van der Waals surface area contributed by atoms with Crippen LogP contribution in [0.25, 0.3) is 22.3 Å². The molecule has 9 nitrogen and oxygen atoms in total. The summed E-state index contributed by atoms with van der Waals surface area (Å²) in [5, 5.41) is 7.16. The molecule has 2 N–H and O–H groups in total. The summed E-state index contributed by atoms with van der Waals surface area (Å²) in [5.41, 5.74) is 4.75. The minimum atomic E-state index is -0.297. The molecule has 0 aliphatic heterocycles. The summed E-state index contributed by atoms with van der Waals surface area (Å²) in [7, 11) is 0. The largest absolute Gasteiger partial charge is 0.437 e. The zero-order valence-electron chi connectivity index (χ0n) is 17.5. The van der Waals surface area contributed by atoms with Crippen molar-refractivity contribution in [3.8, 4) is 22.8 Å². The van der Waals surface area contributed by atoms with Gasteiger partial charge in [0.2, 0.25) is 11.8 Å². The van der Waals surface area contributed by atoms with Crippen LogP contribution in [-0.4, -0.2) is 35.6 Å². The molecule has 0 aliphatic carbocycles. The smallest absolute Gasteiger partial charge is 0.247 e. The van der Waals surface area contributed by atoms with Gasteiger partial charge >= 0.3 is 0 Å². The summed E-state index contributed by atoms with van der Waals surface area (Å²) in [4.78, 5) is 27.9. The standard InChI is InChI=1S/C24H19N7O2/c1-2-21(32)29-18-6-3-7-19(9-18)33-22-13-27-24-23(30-22)20(12-26-24)17-11-28-31(15-17)14-16-5-4-8-25-10-16/h2-13,15H,1,14H2,(H,26,27)(H,29,32). The molecule has 0 saturated heterocycles. The first-order valence-electron chi connectivity index (χ1n) is 10.1. The van der Waals surface area contributed by atoms with Crippen molar-refractivity contribution in [2.75, 3.05) is 5.32 Å². The molecule has 0 fully saturated rings. The van der Waals surface area contributed by atoms with Gasteiger partial charge in [0, 0.05) is 47.7 Å². The number of hydrogen-bond acceptors (Lipinski definition) is 6. The fraction of sp³-hybridized carbons (Fsp3) is 0.0417.